The van der Waals surface area contributed by atoms with Crippen LogP contribution in [0.1, 0.15) is 42.5 Å². The second-order valence-corrected chi connectivity index (χ2v) is 6.65. The Morgan fingerprint density at radius 3 is 2.60 bits per heavy atom. The van der Waals surface area contributed by atoms with E-state index in [0.717, 1.165) is 50.6 Å². The molecule has 136 valence electrons. The number of piperidine rings is 2. The van der Waals surface area contributed by atoms with Gasteiger partial charge < -0.3 is 4.74 Å². The lowest BCUT2D eigenvalue weighted by Gasteiger charge is -2.44. The van der Waals surface area contributed by atoms with Crippen LogP contribution in [-0.4, -0.2) is 42.6 Å². The minimum atomic E-state index is -1.14. The predicted molar refractivity (Wildman–Crippen MR) is 87.1 cm³/mol. The molecule has 0 aliphatic carbocycles. The Hall–Kier alpha value is -2.02. The molecule has 2 aliphatic rings. The number of alkyl carbamates (subject to hydrolysis) is 1. The molecule has 2 aliphatic heterocycles. The van der Waals surface area contributed by atoms with Crippen molar-refractivity contribution < 1.29 is 23.1 Å². The van der Waals surface area contributed by atoms with Crippen molar-refractivity contribution in [2.45, 2.75) is 38.1 Å². The summed E-state index contributed by atoms with van der Waals surface area (Å²) in [4.78, 5) is 26.2. The molecule has 25 heavy (non-hydrogen) atoms. The SMILES string of the molecule is O=C(NC(=O)c1c(F)cccc1F)OC[C@@H]1CCCN2CCCC[C@@H]12. The van der Waals surface area contributed by atoms with Gasteiger partial charge in [-0.2, -0.15) is 0 Å². The summed E-state index contributed by atoms with van der Waals surface area (Å²) in [7, 11) is 0. The zero-order chi connectivity index (χ0) is 17.8. The minimum Gasteiger partial charge on any atom is -0.449 e. The van der Waals surface area contributed by atoms with Crippen molar-refractivity contribution in [1.29, 1.82) is 0 Å². The summed E-state index contributed by atoms with van der Waals surface area (Å²) in [6, 6.07) is 3.49. The lowest BCUT2D eigenvalue weighted by Crippen LogP contribution is -2.49. The first-order valence-corrected chi connectivity index (χ1v) is 8.72. The first-order chi connectivity index (χ1) is 12.1. The maximum Gasteiger partial charge on any atom is 0.414 e. The van der Waals surface area contributed by atoms with Crippen molar-refractivity contribution in [2.24, 2.45) is 5.92 Å². The van der Waals surface area contributed by atoms with E-state index < -0.39 is 29.2 Å². The number of carbonyl (C=O) groups excluding carboxylic acids is 2. The summed E-state index contributed by atoms with van der Waals surface area (Å²) in [5.74, 6) is -2.94. The maximum atomic E-state index is 13.6. The average Bonchev–Trinajstić information content (AvgIpc) is 2.59. The molecule has 2 fully saturated rings. The van der Waals surface area contributed by atoms with Crippen LogP contribution in [-0.2, 0) is 4.74 Å². The van der Waals surface area contributed by atoms with E-state index in [1.807, 2.05) is 5.32 Å². The van der Waals surface area contributed by atoms with Crippen LogP contribution in [0.3, 0.4) is 0 Å². The van der Waals surface area contributed by atoms with Gasteiger partial charge in [-0.3, -0.25) is 15.0 Å². The highest BCUT2D eigenvalue weighted by atomic mass is 19.1. The second kappa shape index (κ2) is 7.91. The normalized spacial score (nSPS) is 23.6. The van der Waals surface area contributed by atoms with Crippen LogP contribution in [0.25, 0.3) is 0 Å². The topological polar surface area (TPSA) is 58.6 Å². The van der Waals surface area contributed by atoms with Crippen molar-refractivity contribution >= 4 is 12.0 Å². The molecule has 0 radical (unpaired) electrons. The third-order valence-electron chi connectivity index (χ3n) is 5.06. The van der Waals surface area contributed by atoms with Gasteiger partial charge in [0.15, 0.2) is 0 Å². The number of benzene rings is 1. The molecule has 2 atom stereocenters. The number of hydrogen-bond acceptors (Lipinski definition) is 4. The number of ether oxygens (including phenoxy) is 1. The Morgan fingerprint density at radius 2 is 1.84 bits per heavy atom. The Balaban J connectivity index is 1.53. The lowest BCUT2D eigenvalue weighted by atomic mass is 9.84. The largest absolute Gasteiger partial charge is 0.449 e. The van der Waals surface area contributed by atoms with Crippen molar-refractivity contribution in [3.05, 3.63) is 35.4 Å². The number of halogens is 2. The number of fused-ring (bicyclic) bond motifs is 1. The Kier molecular flexibility index (Phi) is 5.63. The van der Waals surface area contributed by atoms with Gasteiger partial charge in [0.1, 0.15) is 17.2 Å². The second-order valence-electron chi connectivity index (χ2n) is 6.65. The Labute approximate surface area is 145 Å². The number of nitrogens with zero attached hydrogens (tertiary/aromatic N) is 1. The number of nitrogens with one attached hydrogen (secondary N) is 1. The van der Waals surface area contributed by atoms with Crippen LogP contribution >= 0.6 is 0 Å². The lowest BCUT2D eigenvalue weighted by molar-refractivity contribution is 0.0234. The van der Waals surface area contributed by atoms with Gasteiger partial charge in [-0.25, -0.2) is 13.6 Å². The summed E-state index contributed by atoms with van der Waals surface area (Å²) >= 11 is 0. The predicted octanol–water partition coefficient (Wildman–Crippen LogP) is 3.10. The van der Waals surface area contributed by atoms with Crippen LogP contribution in [0.5, 0.6) is 0 Å². The highest BCUT2D eigenvalue weighted by molar-refractivity contribution is 6.03. The molecular formula is C18H22F2N2O3. The average molecular weight is 352 g/mol. The third-order valence-corrected chi connectivity index (χ3v) is 5.06. The van der Waals surface area contributed by atoms with Gasteiger partial charge in [0.2, 0.25) is 0 Å². The maximum absolute atomic E-state index is 13.6. The zero-order valence-corrected chi connectivity index (χ0v) is 14.0. The van der Waals surface area contributed by atoms with Gasteiger partial charge in [0.25, 0.3) is 5.91 Å². The van der Waals surface area contributed by atoms with Crippen LogP contribution in [0, 0.1) is 17.6 Å². The molecule has 2 amide bonds. The van der Waals surface area contributed by atoms with E-state index in [2.05, 4.69) is 4.90 Å². The van der Waals surface area contributed by atoms with Gasteiger partial charge >= 0.3 is 6.09 Å². The van der Waals surface area contributed by atoms with Crippen LogP contribution in [0.2, 0.25) is 0 Å². The molecule has 1 aromatic carbocycles. The number of imide groups is 1. The quantitative estimate of drug-likeness (QED) is 0.908. The molecule has 0 aromatic heterocycles. The number of amides is 2. The fourth-order valence-corrected chi connectivity index (χ4v) is 3.86. The molecule has 2 heterocycles. The molecular weight excluding hydrogens is 330 g/mol. The Bertz CT molecular complexity index is 631. The van der Waals surface area contributed by atoms with Crippen molar-refractivity contribution in [3.63, 3.8) is 0 Å². The fraction of sp³-hybridized carbons (Fsp3) is 0.556. The first kappa shape index (κ1) is 17.8. The molecule has 7 heteroatoms. The molecule has 3 rings (SSSR count). The summed E-state index contributed by atoms with van der Waals surface area (Å²) in [6.45, 7) is 2.37. The minimum absolute atomic E-state index is 0.208. The summed E-state index contributed by atoms with van der Waals surface area (Å²) < 4.78 is 32.3. The summed E-state index contributed by atoms with van der Waals surface area (Å²) in [5.41, 5.74) is -0.782. The molecule has 0 bridgehead atoms. The summed E-state index contributed by atoms with van der Waals surface area (Å²) in [6.07, 6.45) is 4.54. The van der Waals surface area contributed by atoms with Gasteiger partial charge in [0, 0.05) is 12.0 Å². The van der Waals surface area contributed by atoms with Gasteiger partial charge in [-0.05, 0) is 50.9 Å². The first-order valence-electron chi connectivity index (χ1n) is 8.72. The van der Waals surface area contributed by atoms with Gasteiger partial charge in [-0.15, -0.1) is 0 Å². The Morgan fingerprint density at radius 1 is 1.12 bits per heavy atom. The highest BCUT2D eigenvalue weighted by Gasteiger charge is 2.33. The van der Waals surface area contributed by atoms with Crippen molar-refractivity contribution in [2.75, 3.05) is 19.7 Å². The third kappa shape index (κ3) is 4.15. The molecule has 2 saturated heterocycles. The van der Waals surface area contributed by atoms with Crippen LogP contribution in [0.4, 0.5) is 13.6 Å². The van der Waals surface area contributed by atoms with E-state index >= 15 is 0 Å². The highest BCUT2D eigenvalue weighted by Crippen LogP contribution is 2.30. The molecule has 0 spiro atoms. The van der Waals surface area contributed by atoms with Crippen molar-refractivity contribution in [3.8, 4) is 0 Å². The van der Waals surface area contributed by atoms with E-state index in [9.17, 15) is 18.4 Å². The molecule has 0 saturated carbocycles. The van der Waals surface area contributed by atoms with Gasteiger partial charge in [0.05, 0.1) is 6.61 Å². The summed E-state index contributed by atoms with van der Waals surface area (Å²) in [5, 5.41) is 1.90. The number of hydrogen-bond donors (Lipinski definition) is 1. The van der Waals surface area contributed by atoms with E-state index in [1.165, 1.54) is 12.8 Å². The fourth-order valence-electron chi connectivity index (χ4n) is 3.86. The molecule has 1 aromatic rings. The van der Waals surface area contributed by atoms with E-state index in [-0.39, 0.29) is 12.5 Å². The standard InChI is InChI=1S/C18H22F2N2O3/c19-13-6-3-7-14(20)16(13)17(23)21-18(24)25-11-12-5-4-10-22-9-2-1-8-15(12)22/h3,6-7,12,15H,1-2,4-5,8-11H2,(H,21,23,24)/t12-,15-/m0/s1. The molecule has 1 N–H and O–H groups in total. The number of rotatable bonds is 3. The monoisotopic (exact) mass is 352 g/mol. The van der Waals surface area contributed by atoms with E-state index in [0.29, 0.717) is 6.04 Å². The zero-order valence-electron chi connectivity index (χ0n) is 14.0. The molecule has 5 nitrogen and oxygen atoms in total. The van der Waals surface area contributed by atoms with Crippen molar-refractivity contribution in [1.82, 2.24) is 10.2 Å². The smallest absolute Gasteiger partial charge is 0.414 e. The van der Waals surface area contributed by atoms with E-state index in [1.54, 1.807) is 0 Å². The number of carbonyl (C=O) groups is 2. The van der Waals surface area contributed by atoms with Crippen LogP contribution < -0.4 is 5.32 Å². The van der Waals surface area contributed by atoms with Crippen LogP contribution in [0.15, 0.2) is 18.2 Å². The van der Waals surface area contributed by atoms with Gasteiger partial charge in [-0.1, -0.05) is 12.5 Å². The molecule has 0 unspecified atom stereocenters. The van der Waals surface area contributed by atoms with E-state index in [4.69, 9.17) is 4.74 Å².